The molecule has 1 aromatic rings. The first-order valence-corrected chi connectivity index (χ1v) is 8.28. The Morgan fingerprint density at radius 3 is 2.43 bits per heavy atom. The molecule has 2 rings (SSSR count). The van der Waals surface area contributed by atoms with Gasteiger partial charge in [-0.2, -0.15) is 0 Å². The van der Waals surface area contributed by atoms with Gasteiger partial charge < -0.3 is 5.73 Å². The van der Waals surface area contributed by atoms with Crippen molar-refractivity contribution in [1.29, 1.82) is 0 Å². The zero-order chi connectivity index (χ0) is 15.7. The molecule has 0 aliphatic heterocycles. The zero-order valence-electron chi connectivity index (χ0n) is 13.4. The van der Waals surface area contributed by atoms with Gasteiger partial charge in [0.05, 0.1) is 5.02 Å². The van der Waals surface area contributed by atoms with Crippen molar-refractivity contribution in [1.82, 2.24) is 0 Å². The van der Waals surface area contributed by atoms with Gasteiger partial charge in [0.1, 0.15) is 5.82 Å². The van der Waals surface area contributed by atoms with Crippen molar-refractivity contribution in [3.05, 3.63) is 34.6 Å². The average Bonchev–Trinajstić information content (AvgIpc) is 2.43. The largest absolute Gasteiger partial charge is 0.330 e. The molecule has 0 unspecified atom stereocenters. The van der Waals surface area contributed by atoms with Gasteiger partial charge in [-0.05, 0) is 67.0 Å². The molecule has 3 heteroatoms. The summed E-state index contributed by atoms with van der Waals surface area (Å²) < 4.78 is 14.2. The number of rotatable bonds is 3. The second-order valence-electron chi connectivity index (χ2n) is 7.73. The molecule has 0 saturated heterocycles. The lowest BCUT2D eigenvalue weighted by Crippen LogP contribution is -2.39. The van der Waals surface area contributed by atoms with Crippen molar-refractivity contribution in [3.63, 3.8) is 0 Å². The summed E-state index contributed by atoms with van der Waals surface area (Å²) in [6.45, 7) is 7.55. The van der Waals surface area contributed by atoms with Crippen LogP contribution in [-0.4, -0.2) is 6.54 Å². The van der Waals surface area contributed by atoms with E-state index in [0.29, 0.717) is 23.9 Å². The molecule has 0 amide bonds. The van der Waals surface area contributed by atoms with Crippen molar-refractivity contribution in [3.8, 4) is 0 Å². The molecule has 2 N–H and O–H groups in total. The highest BCUT2D eigenvalue weighted by atomic mass is 35.5. The van der Waals surface area contributed by atoms with E-state index in [-0.39, 0.29) is 16.3 Å². The van der Waals surface area contributed by atoms with E-state index in [0.717, 1.165) is 18.8 Å². The second-order valence-corrected chi connectivity index (χ2v) is 8.14. The summed E-state index contributed by atoms with van der Waals surface area (Å²) in [5, 5.41) is 0.211. The lowest BCUT2D eigenvalue weighted by atomic mass is 9.62. The van der Waals surface area contributed by atoms with Gasteiger partial charge >= 0.3 is 0 Å². The minimum absolute atomic E-state index is 0.0350. The average molecular weight is 312 g/mol. The Morgan fingerprint density at radius 1 is 1.29 bits per heavy atom. The van der Waals surface area contributed by atoms with Gasteiger partial charge in [-0.1, -0.05) is 44.5 Å². The van der Waals surface area contributed by atoms with Gasteiger partial charge in [0.2, 0.25) is 0 Å². The van der Waals surface area contributed by atoms with Crippen LogP contribution in [0.15, 0.2) is 18.2 Å². The number of nitrogens with two attached hydrogens (primary N) is 1. The fraction of sp³-hybridized carbons (Fsp3) is 0.667. The third-order valence-corrected chi connectivity index (χ3v) is 5.59. The van der Waals surface area contributed by atoms with Crippen LogP contribution in [0.4, 0.5) is 4.39 Å². The van der Waals surface area contributed by atoms with E-state index in [4.69, 9.17) is 17.3 Å². The molecule has 0 aromatic heterocycles. The first kappa shape index (κ1) is 16.8. The second kappa shape index (κ2) is 6.26. The minimum atomic E-state index is -0.273. The van der Waals surface area contributed by atoms with E-state index in [1.165, 1.54) is 12.8 Å². The van der Waals surface area contributed by atoms with Gasteiger partial charge in [-0.25, -0.2) is 4.39 Å². The Labute approximate surface area is 133 Å². The molecule has 0 radical (unpaired) electrons. The van der Waals surface area contributed by atoms with Crippen molar-refractivity contribution in [2.75, 3.05) is 6.54 Å². The van der Waals surface area contributed by atoms with Crippen molar-refractivity contribution < 1.29 is 4.39 Å². The molecule has 1 aromatic carbocycles. The summed E-state index contributed by atoms with van der Waals surface area (Å²) in [6, 6.07) is 5.27. The van der Waals surface area contributed by atoms with E-state index in [2.05, 4.69) is 20.8 Å². The van der Waals surface area contributed by atoms with Crippen LogP contribution in [0, 0.1) is 22.6 Å². The topological polar surface area (TPSA) is 26.0 Å². The van der Waals surface area contributed by atoms with E-state index >= 15 is 0 Å². The van der Waals surface area contributed by atoms with Gasteiger partial charge in [0.15, 0.2) is 0 Å². The summed E-state index contributed by atoms with van der Waals surface area (Å²) in [5.74, 6) is 0.464. The molecular weight excluding hydrogens is 285 g/mol. The number of benzene rings is 1. The number of hydrogen-bond donors (Lipinski definition) is 1. The van der Waals surface area contributed by atoms with Crippen LogP contribution >= 0.6 is 11.6 Å². The van der Waals surface area contributed by atoms with Crippen LogP contribution in [0.3, 0.4) is 0 Å². The number of halogens is 2. The summed E-state index contributed by atoms with van der Waals surface area (Å²) >= 11 is 5.90. The predicted octanol–water partition coefficient (Wildman–Crippen LogP) is 5.20. The molecule has 1 fully saturated rings. The Balaban J connectivity index is 2.12. The summed E-state index contributed by atoms with van der Waals surface area (Å²) in [6.07, 6.45) is 5.23. The van der Waals surface area contributed by atoms with E-state index < -0.39 is 0 Å². The minimum Gasteiger partial charge on any atom is -0.330 e. The molecule has 1 aliphatic rings. The molecule has 1 aliphatic carbocycles. The quantitative estimate of drug-likeness (QED) is 0.815. The van der Waals surface area contributed by atoms with Gasteiger partial charge in [0, 0.05) is 0 Å². The highest BCUT2D eigenvalue weighted by molar-refractivity contribution is 6.30. The lowest BCUT2D eigenvalue weighted by molar-refractivity contribution is 0.0920. The van der Waals surface area contributed by atoms with Crippen molar-refractivity contribution in [2.24, 2.45) is 22.5 Å². The smallest absolute Gasteiger partial charge is 0.144 e. The molecule has 0 atom stereocenters. The maximum absolute atomic E-state index is 14.2. The van der Waals surface area contributed by atoms with Gasteiger partial charge in [-0.3, -0.25) is 0 Å². The molecule has 1 nitrogen and oxygen atoms in total. The Hall–Kier alpha value is -0.600. The normalized spacial score (nSPS) is 26.9. The van der Waals surface area contributed by atoms with Crippen LogP contribution in [0.25, 0.3) is 0 Å². The van der Waals surface area contributed by atoms with E-state index in [1.807, 2.05) is 12.1 Å². The van der Waals surface area contributed by atoms with E-state index in [1.54, 1.807) is 6.07 Å². The third-order valence-electron chi connectivity index (χ3n) is 5.30. The third kappa shape index (κ3) is 3.78. The standard InChI is InChI=1S/C18H27ClFN/c1-17(2,3)14-7-9-18(12-21,10-8-14)11-13-5-4-6-15(19)16(13)20/h4-6,14H,7-12,21H2,1-3H3. The Bertz CT molecular complexity index is 484. The predicted molar refractivity (Wildman–Crippen MR) is 88.0 cm³/mol. The fourth-order valence-corrected chi connectivity index (χ4v) is 3.83. The van der Waals surface area contributed by atoms with E-state index in [9.17, 15) is 4.39 Å². The SMILES string of the molecule is CC(C)(C)C1CCC(CN)(Cc2cccc(Cl)c2F)CC1. The van der Waals surface area contributed by atoms with Gasteiger partial charge in [-0.15, -0.1) is 0 Å². The lowest BCUT2D eigenvalue weighted by Gasteiger charge is -2.44. The van der Waals surface area contributed by atoms with Crippen LogP contribution in [0.2, 0.25) is 5.02 Å². The zero-order valence-corrected chi connectivity index (χ0v) is 14.1. The maximum atomic E-state index is 14.2. The monoisotopic (exact) mass is 311 g/mol. The Morgan fingerprint density at radius 2 is 1.90 bits per heavy atom. The van der Waals surface area contributed by atoms with Crippen LogP contribution in [0.1, 0.15) is 52.0 Å². The molecule has 1 saturated carbocycles. The fourth-order valence-electron chi connectivity index (χ4n) is 3.64. The molecular formula is C18H27ClFN. The number of hydrogen-bond acceptors (Lipinski definition) is 1. The molecule has 0 spiro atoms. The van der Waals surface area contributed by atoms with Crippen molar-refractivity contribution in [2.45, 2.75) is 52.9 Å². The summed E-state index contributed by atoms with van der Waals surface area (Å²) in [5.41, 5.74) is 7.17. The highest BCUT2D eigenvalue weighted by Gasteiger charge is 2.38. The highest BCUT2D eigenvalue weighted by Crippen LogP contribution is 2.46. The maximum Gasteiger partial charge on any atom is 0.144 e. The Kier molecular flexibility index (Phi) is 4.99. The molecule has 0 heterocycles. The molecule has 118 valence electrons. The first-order chi connectivity index (χ1) is 9.77. The van der Waals surface area contributed by atoms with Crippen molar-refractivity contribution >= 4 is 11.6 Å². The van der Waals surface area contributed by atoms with Crippen LogP contribution in [-0.2, 0) is 6.42 Å². The van der Waals surface area contributed by atoms with Gasteiger partial charge in [0.25, 0.3) is 0 Å². The van der Waals surface area contributed by atoms with Crippen LogP contribution < -0.4 is 5.73 Å². The summed E-state index contributed by atoms with van der Waals surface area (Å²) in [4.78, 5) is 0. The first-order valence-electron chi connectivity index (χ1n) is 7.90. The summed E-state index contributed by atoms with van der Waals surface area (Å²) in [7, 11) is 0. The molecule has 0 bridgehead atoms. The van der Waals surface area contributed by atoms with Crippen LogP contribution in [0.5, 0.6) is 0 Å². The molecule has 21 heavy (non-hydrogen) atoms.